The van der Waals surface area contributed by atoms with E-state index in [4.69, 9.17) is 4.74 Å². The summed E-state index contributed by atoms with van der Waals surface area (Å²) in [5, 5.41) is 1.19. The Labute approximate surface area is 125 Å². The average Bonchev–Trinajstić information content (AvgIpc) is 3.10. The molecule has 3 rings (SSSR count). The first-order valence-corrected chi connectivity index (χ1v) is 9.04. The first-order chi connectivity index (χ1) is 9.31. The normalized spacial score (nSPS) is 33.0. The standard InChI is InChI=1S/C15H27BrN2O/c16-12-15(4-1-2-5-15)13-17-6-3-14(11-17)18-7-9-19-10-8-18/h14H,1-13H2. The van der Waals surface area contributed by atoms with Crippen LogP contribution in [0.1, 0.15) is 32.1 Å². The average molecular weight is 331 g/mol. The third kappa shape index (κ3) is 3.34. The van der Waals surface area contributed by atoms with Crippen LogP contribution in [0.15, 0.2) is 0 Å². The van der Waals surface area contributed by atoms with Crippen molar-refractivity contribution in [2.75, 3.05) is 51.3 Å². The monoisotopic (exact) mass is 330 g/mol. The summed E-state index contributed by atoms with van der Waals surface area (Å²) in [6, 6.07) is 0.790. The summed E-state index contributed by atoms with van der Waals surface area (Å²) in [6.07, 6.45) is 7.09. The van der Waals surface area contributed by atoms with Crippen molar-refractivity contribution in [3.8, 4) is 0 Å². The molecule has 3 fully saturated rings. The molecule has 0 radical (unpaired) electrons. The lowest BCUT2D eigenvalue weighted by Gasteiger charge is -2.34. The molecule has 19 heavy (non-hydrogen) atoms. The van der Waals surface area contributed by atoms with Gasteiger partial charge in [-0.3, -0.25) is 4.90 Å². The number of likely N-dealkylation sites (tertiary alicyclic amines) is 1. The van der Waals surface area contributed by atoms with Gasteiger partial charge < -0.3 is 9.64 Å². The van der Waals surface area contributed by atoms with Crippen molar-refractivity contribution in [1.29, 1.82) is 0 Å². The lowest BCUT2D eigenvalue weighted by atomic mass is 9.88. The number of hydrogen-bond acceptors (Lipinski definition) is 3. The van der Waals surface area contributed by atoms with Crippen molar-refractivity contribution in [3.05, 3.63) is 0 Å². The summed E-state index contributed by atoms with van der Waals surface area (Å²) in [5.74, 6) is 0. The Morgan fingerprint density at radius 3 is 2.53 bits per heavy atom. The molecule has 2 heterocycles. The third-order valence-electron chi connectivity index (χ3n) is 5.32. The van der Waals surface area contributed by atoms with Gasteiger partial charge in [0.1, 0.15) is 0 Å². The topological polar surface area (TPSA) is 15.7 Å². The Balaban J connectivity index is 1.51. The molecule has 1 saturated carbocycles. The maximum atomic E-state index is 5.47. The lowest BCUT2D eigenvalue weighted by molar-refractivity contribution is 0.0178. The minimum absolute atomic E-state index is 0.583. The van der Waals surface area contributed by atoms with E-state index in [1.807, 2.05) is 0 Å². The van der Waals surface area contributed by atoms with Crippen LogP contribution in [0.2, 0.25) is 0 Å². The van der Waals surface area contributed by atoms with E-state index in [2.05, 4.69) is 25.7 Å². The Morgan fingerprint density at radius 1 is 1.11 bits per heavy atom. The Kier molecular flexibility index (Phi) is 4.83. The number of nitrogens with zero attached hydrogens (tertiary/aromatic N) is 2. The second-order valence-corrected chi connectivity index (χ2v) is 7.23. The molecular weight excluding hydrogens is 304 g/mol. The zero-order valence-electron chi connectivity index (χ0n) is 12.0. The highest BCUT2D eigenvalue weighted by atomic mass is 79.9. The number of rotatable bonds is 4. The Morgan fingerprint density at radius 2 is 1.84 bits per heavy atom. The molecule has 0 aromatic carbocycles. The molecule has 0 N–H and O–H groups in total. The van der Waals surface area contributed by atoms with Gasteiger partial charge in [-0.05, 0) is 31.2 Å². The van der Waals surface area contributed by atoms with E-state index in [1.165, 1.54) is 57.1 Å². The van der Waals surface area contributed by atoms with Crippen LogP contribution in [0, 0.1) is 5.41 Å². The highest BCUT2D eigenvalue weighted by Crippen LogP contribution is 2.40. The first-order valence-electron chi connectivity index (χ1n) is 7.91. The number of halogens is 1. The summed E-state index contributed by atoms with van der Waals surface area (Å²) in [4.78, 5) is 5.38. The highest BCUT2D eigenvalue weighted by Gasteiger charge is 2.37. The molecule has 1 aliphatic carbocycles. The molecule has 2 saturated heterocycles. The molecule has 0 aromatic rings. The molecule has 110 valence electrons. The molecule has 0 spiro atoms. The van der Waals surface area contributed by atoms with Crippen LogP contribution in [0.3, 0.4) is 0 Å². The van der Waals surface area contributed by atoms with Crippen LogP contribution in [-0.4, -0.2) is 67.1 Å². The van der Waals surface area contributed by atoms with Gasteiger partial charge in [-0.1, -0.05) is 28.8 Å². The van der Waals surface area contributed by atoms with Gasteiger partial charge >= 0.3 is 0 Å². The smallest absolute Gasteiger partial charge is 0.0594 e. The van der Waals surface area contributed by atoms with Crippen molar-refractivity contribution in [3.63, 3.8) is 0 Å². The summed E-state index contributed by atoms with van der Waals surface area (Å²) < 4.78 is 5.47. The summed E-state index contributed by atoms with van der Waals surface area (Å²) >= 11 is 3.78. The van der Waals surface area contributed by atoms with E-state index >= 15 is 0 Å². The molecule has 0 amide bonds. The molecule has 0 aromatic heterocycles. The summed E-state index contributed by atoms with van der Waals surface area (Å²) in [7, 11) is 0. The second kappa shape index (κ2) is 6.42. The number of ether oxygens (including phenoxy) is 1. The maximum Gasteiger partial charge on any atom is 0.0594 e. The highest BCUT2D eigenvalue weighted by molar-refractivity contribution is 9.09. The van der Waals surface area contributed by atoms with E-state index in [1.54, 1.807) is 0 Å². The predicted molar refractivity (Wildman–Crippen MR) is 81.9 cm³/mol. The SMILES string of the molecule is BrCC1(CN2CCC(N3CCOCC3)C2)CCCC1. The number of alkyl halides is 1. The van der Waals surface area contributed by atoms with Crippen LogP contribution in [0.5, 0.6) is 0 Å². The van der Waals surface area contributed by atoms with Gasteiger partial charge in [-0.2, -0.15) is 0 Å². The Bertz CT molecular complexity index is 288. The van der Waals surface area contributed by atoms with E-state index < -0.39 is 0 Å². The van der Waals surface area contributed by atoms with Crippen molar-refractivity contribution in [1.82, 2.24) is 9.80 Å². The van der Waals surface area contributed by atoms with Crippen LogP contribution in [-0.2, 0) is 4.74 Å². The van der Waals surface area contributed by atoms with Crippen LogP contribution < -0.4 is 0 Å². The van der Waals surface area contributed by atoms with E-state index in [9.17, 15) is 0 Å². The van der Waals surface area contributed by atoms with Crippen molar-refractivity contribution >= 4 is 15.9 Å². The largest absolute Gasteiger partial charge is 0.379 e. The fraction of sp³-hybridized carbons (Fsp3) is 1.00. The fourth-order valence-electron chi connectivity index (χ4n) is 4.13. The molecule has 1 unspecified atom stereocenters. The van der Waals surface area contributed by atoms with Gasteiger partial charge in [-0.15, -0.1) is 0 Å². The van der Waals surface area contributed by atoms with Gasteiger partial charge in [0, 0.05) is 37.6 Å². The van der Waals surface area contributed by atoms with Crippen molar-refractivity contribution in [2.24, 2.45) is 5.41 Å². The zero-order chi connectivity index (χ0) is 13.1. The minimum Gasteiger partial charge on any atom is -0.379 e. The molecule has 3 aliphatic rings. The van der Waals surface area contributed by atoms with Gasteiger partial charge in [0.25, 0.3) is 0 Å². The molecule has 1 atom stereocenters. The van der Waals surface area contributed by atoms with Crippen molar-refractivity contribution < 1.29 is 4.74 Å². The third-order valence-corrected chi connectivity index (χ3v) is 6.51. The molecule has 3 nitrogen and oxygen atoms in total. The maximum absolute atomic E-state index is 5.47. The minimum atomic E-state index is 0.583. The second-order valence-electron chi connectivity index (χ2n) is 6.67. The van der Waals surface area contributed by atoms with Crippen LogP contribution in [0.4, 0.5) is 0 Å². The van der Waals surface area contributed by atoms with Crippen molar-refractivity contribution in [2.45, 2.75) is 38.1 Å². The Hall–Kier alpha value is 0.360. The van der Waals surface area contributed by atoms with Crippen LogP contribution >= 0.6 is 15.9 Å². The molecular formula is C15H27BrN2O. The summed E-state index contributed by atoms with van der Waals surface area (Å²) in [6.45, 7) is 8.05. The van der Waals surface area contributed by atoms with Gasteiger partial charge in [0.15, 0.2) is 0 Å². The van der Waals surface area contributed by atoms with Gasteiger partial charge in [0.05, 0.1) is 13.2 Å². The van der Waals surface area contributed by atoms with E-state index in [0.29, 0.717) is 5.41 Å². The quantitative estimate of drug-likeness (QED) is 0.736. The number of morpholine rings is 1. The van der Waals surface area contributed by atoms with E-state index in [-0.39, 0.29) is 0 Å². The summed E-state index contributed by atoms with van der Waals surface area (Å²) in [5.41, 5.74) is 0.583. The fourth-order valence-corrected chi connectivity index (χ4v) is 4.87. The zero-order valence-corrected chi connectivity index (χ0v) is 13.5. The molecule has 2 aliphatic heterocycles. The first kappa shape index (κ1) is 14.3. The predicted octanol–water partition coefficient (Wildman–Crippen LogP) is 2.35. The van der Waals surface area contributed by atoms with Gasteiger partial charge in [-0.25, -0.2) is 0 Å². The van der Waals surface area contributed by atoms with Crippen LogP contribution in [0.25, 0.3) is 0 Å². The molecule has 0 bridgehead atoms. The van der Waals surface area contributed by atoms with E-state index in [0.717, 1.165) is 32.3 Å². The number of hydrogen-bond donors (Lipinski definition) is 0. The lowest BCUT2D eigenvalue weighted by Crippen LogP contribution is -2.45. The van der Waals surface area contributed by atoms with Gasteiger partial charge in [0.2, 0.25) is 0 Å². The molecule has 4 heteroatoms.